The topological polar surface area (TPSA) is 119 Å². The van der Waals surface area contributed by atoms with Crippen molar-refractivity contribution in [2.45, 2.75) is 18.9 Å². The molecule has 1 aromatic rings. The van der Waals surface area contributed by atoms with Crippen LogP contribution in [0.1, 0.15) is 12.8 Å². The first kappa shape index (κ1) is 12.8. The number of anilines is 2. The molecule has 18 heavy (non-hydrogen) atoms. The van der Waals surface area contributed by atoms with Gasteiger partial charge in [0.15, 0.2) is 0 Å². The summed E-state index contributed by atoms with van der Waals surface area (Å²) in [5.41, 5.74) is 2.15. The molecular formula is C9H14N6O2S. The van der Waals surface area contributed by atoms with Crippen molar-refractivity contribution >= 4 is 29.2 Å². The van der Waals surface area contributed by atoms with Crippen molar-refractivity contribution in [3.8, 4) is 0 Å². The van der Waals surface area contributed by atoms with Crippen LogP contribution in [0.2, 0.25) is 0 Å². The molecule has 1 aliphatic rings. The molecule has 1 saturated heterocycles. The Balaban J connectivity index is 2.19. The van der Waals surface area contributed by atoms with Gasteiger partial charge in [0.1, 0.15) is 6.20 Å². The minimum absolute atomic E-state index is 0.132. The summed E-state index contributed by atoms with van der Waals surface area (Å²) in [4.78, 5) is 18.1. The average molecular weight is 270 g/mol. The summed E-state index contributed by atoms with van der Waals surface area (Å²) in [7, 11) is 0. The molecule has 1 fully saturated rings. The number of rotatable bonds is 4. The Morgan fingerprint density at radius 2 is 2.22 bits per heavy atom. The number of nitrogen functional groups attached to an aromatic ring is 1. The van der Waals surface area contributed by atoms with E-state index in [1.54, 1.807) is 0 Å². The predicted molar refractivity (Wildman–Crippen MR) is 70.5 cm³/mol. The molecule has 1 aromatic heterocycles. The summed E-state index contributed by atoms with van der Waals surface area (Å²) >= 11 is 1.89. The maximum absolute atomic E-state index is 10.9. The number of aromatic nitrogens is 2. The van der Waals surface area contributed by atoms with Crippen molar-refractivity contribution in [1.29, 1.82) is 0 Å². The molecule has 0 atom stereocenters. The summed E-state index contributed by atoms with van der Waals surface area (Å²) in [5, 5.41) is 14.0. The molecule has 0 aliphatic carbocycles. The second-order valence-corrected chi connectivity index (χ2v) is 5.08. The van der Waals surface area contributed by atoms with Crippen molar-refractivity contribution < 1.29 is 4.92 Å². The van der Waals surface area contributed by atoms with Crippen molar-refractivity contribution in [2.75, 3.05) is 22.2 Å². The fraction of sp³-hybridized carbons (Fsp3) is 0.556. The first-order valence-corrected chi connectivity index (χ1v) is 6.68. The molecule has 0 spiro atoms. The number of nitrogens with one attached hydrogen (secondary N) is 2. The molecule has 0 saturated carbocycles. The van der Waals surface area contributed by atoms with E-state index in [4.69, 9.17) is 5.84 Å². The van der Waals surface area contributed by atoms with Crippen LogP contribution in [0.25, 0.3) is 0 Å². The smallest absolute Gasteiger partial charge is 0.329 e. The Hall–Kier alpha value is -1.61. The fourth-order valence-corrected chi connectivity index (χ4v) is 2.83. The molecule has 1 aliphatic heterocycles. The Kier molecular flexibility index (Phi) is 4.15. The standard InChI is InChI=1S/C9H14N6O2S/c10-14-9-11-5-7(15(16)17)8(13-9)12-6-1-3-18-4-2-6/h5-6H,1-4,10H2,(H2,11,12,13,14). The molecule has 0 radical (unpaired) electrons. The van der Waals surface area contributed by atoms with Crippen molar-refractivity contribution in [3.63, 3.8) is 0 Å². The highest BCUT2D eigenvalue weighted by molar-refractivity contribution is 7.99. The molecule has 2 rings (SSSR count). The highest BCUT2D eigenvalue weighted by atomic mass is 32.2. The van der Waals surface area contributed by atoms with Crippen LogP contribution in [0.5, 0.6) is 0 Å². The Morgan fingerprint density at radius 1 is 1.50 bits per heavy atom. The normalized spacial score (nSPS) is 16.3. The number of hydrogen-bond donors (Lipinski definition) is 3. The molecule has 98 valence electrons. The van der Waals surface area contributed by atoms with Gasteiger partial charge in [0.05, 0.1) is 4.92 Å². The van der Waals surface area contributed by atoms with E-state index >= 15 is 0 Å². The third kappa shape index (κ3) is 2.99. The lowest BCUT2D eigenvalue weighted by Gasteiger charge is -2.22. The van der Waals surface area contributed by atoms with E-state index in [0.717, 1.165) is 30.5 Å². The maximum Gasteiger partial charge on any atom is 0.329 e. The Bertz CT molecular complexity index is 437. The lowest BCUT2D eigenvalue weighted by molar-refractivity contribution is -0.384. The van der Waals surface area contributed by atoms with Crippen LogP contribution < -0.4 is 16.6 Å². The van der Waals surface area contributed by atoms with Gasteiger partial charge in [-0.15, -0.1) is 0 Å². The Labute approximate surface area is 108 Å². The third-order valence-electron chi connectivity index (χ3n) is 2.66. The Morgan fingerprint density at radius 3 is 2.83 bits per heavy atom. The van der Waals surface area contributed by atoms with E-state index in [0.29, 0.717) is 0 Å². The van der Waals surface area contributed by atoms with Gasteiger partial charge in [-0.3, -0.25) is 15.5 Å². The number of hydrogen-bond acceptors (Lipinski definition) is 8. The number of hydrazine groups is 1. The summed E-state index contributed by atoms with van der Waals surface area (Å²) < 4.78 is 0. The first-order chi connectivity index (χ1) is 8.70. The van der Waals surface area contributed by atoms with Gasteiger partial charge in [-0.25, -0.2) is 10.8 Å². The number of nitro groups is 1. The monoisotopic (exact) mass is 270 g/mol. The average Bonchev–Trinajstić information content (AvgIpc) is 2.39. The molecule has 4 N–H and O–H groups in total. The van der Waals surface area contributed by atoms with Crippen LogP contribution in [0, 0.1) is 10.1 Å². The SMILES string of the molecule is NNc1ncc([N+](=O)[O-])c(NC2CCSCC2)n1. The molecule has 0 unspecified atom stereocenters. The predicted octanol–water partition coefficient (Wildman–Crippen LogP) is 0.978. The van der Waals surface area contributed by atoms with Crippen LogP contribution >= 0.6 is 11.8 Å². The second kappa shape index (κ2) is 5.83. The van der Waals surface area contributed by atoms with Crippen LogP contribution in [-0.4, -0.2) is 32.4 Å². The minimum atomic E-state index is -0.500. The maximum atomic E-state index is 10.9. The van der Waals surface area contributed by atoms with Gasteiger partial charge < -0.3 is 5.32 Å². The van der Waals surface area contributed by atoms with Crippen LogP contribution in [0.15, 0.2) is 6.20 Å². The lowest BCUT2D eigenvalue weighted by Crippen LogP contribution is -2.26. The summed E-state index contributed by atoms with van der Waals surface area (Å²) in [6.07, 6.45) is 3.09. The molecule has 2 heterocycles. The quantitative estimate of drug-likeness (QED) is 0.421. The second-order valence-electron chi connectivity index (χ2n) is 3.86. The van der Waals surface area contributed by atoms with Gasteiger partial charge in [0.25, 0.3) is 0 Å². The fourth-order valence-electron chi connectivity index (χ4n) is 1.72. The number of thioether (sulfide) groups is 1. The zero-order valence-corrected chi connectivity index (χ0v) is 10.4. The van der Waals surface area contributed by atoms with E-state index in [9.17, 15) is 10.1 Å². The van der Waals surface area contributed by atoms with Gasteiger partial charge >= 0.3 is 5.69 Å². The van der Waals surface area contributed by atoms with Gasteiger partial charge in [-0.2, -0.15) is 16.7 Å². The molecule has 0 amide bonds. The van der Waals surface area contributed by atoms with Crippen LogP contribution in [0.4, 0.5) is 17.5 Å². The molecule has 9 heteroatoms. The van der Waals surface area contributed by atoms with Gasteiger partial charge in [-0.1, -0.05) is 0 Å². The van der Waals surface area contributed by atoms with Crippen molar-refractivity contribution in [2.24, 2.45) is 5.84 Å². The third-order valence-corrected chi connectivity index (χ3v) is 3.71. The minimum Gasteiger partial charge on any atom is -0.361 e. The zero-order chi connectivity index (χ0) is 13.0. The van der Waals surface area contributed by atoms with Gasteiger partial charge in [0.2, 0.25) is 11.8 Å². The lowest BCUT2D eigenvalue weighted by atomic mass is 10.1. The summed E-state index contributed by atoms with van der Waals surface area (Å²) in [6.45, 7) is 0. The van der Waals surface area contributed by atoms with Crippen molar-refractivity contribution in [1.82, 2.24) is 9.97 Å². The van der Waals surface area contributed by atoms with Crippen molar-refractivity contribution in [3.05, 3.63) is 16.3 Å². The van der Waals surface area contributed by atoms with E-state index in [1.807, 2.05) is 11.8 Å². The molecular weight excluding hydrogens is 256 g/mol. The van der Waals surface area contributed by atoms with E-state index in [1.165, 1.54) is 0 Å². The van der Waals surface area contributed by atoms with E-state index in [2.05, 4.69) is 20.7 Å². The highest BCUT2D eigenvalue weighted by Crippen LogP contribution is 2.26. The summed E-state index contributed by atoms with van der Waals surface area (Å²) in [6, 6.07) is 0.213. The first-order valence-electron chi connectivity index (χ1n) is 5.53. The van der Waals surface area contributed by atoms with E-state index < -0.39 is 4.92 Å². The molecule has 0 bridgehead atoms. The van der Waals surface area contributed by atoms with Gasteiger partial charge in [0, 0.05) is 6.04 Å². The highest BCUT2D eigenvalue weighted by Gasteiger charge is 2.21. The summed E-state index contributed by atoms with van der Waals surface area (Å²) in [5.74, 6) is 7.69. The number of nitrogens with two attached hydrogens (primary N) is 1. The van der Waals surface area contributed by atoms with Crippen LogP contribution in [0.3, 0.4) is 0 Å². The van der Waals surface area contributed by atoms with E-state index in [-0.39, 0.29) is 23.5 Å². The molecule has 8 nitrogen and oxygen atoms in total. The molecule has 0 aromatic carbocycles. The number of nitrogens with zero attached hydrogens (tertiary/aromatic N) is 3. The largest absolute Gasteiger partial charge is 0.361 e. The van der Waals surface area contributed by atoms with Gasteiger partial charge in [-0.05, 0) is 24.3 Å². The zero-order valence-electron chi connectivity index (χ0n) is 9.63. The van der Waals surface area contributed by atoms with Crippen LogP contribution in [-0.2, 0) is 0 Å².